The third kappa shape index (κ3) is 4.67. The SMILES string of the molecule is Cl.Nc1c(OCc2ccccc2)cccc1OCc1ccccc1. The van der Waals surface area contributed by atoms with E-state index in [0.717, 1.165) is 11.1 Å². The predicted octanol–water partition coefficient (Wildman–Crippen LogP) is 4.85. The van der Waals surface area contributed by atoms with E-state index >= 15 is 0 Å². The Hall–Kier alpha value is -2.65. The Kier molecular flexibility index (Phi) is 6.52. The van der Waals surface area contributed by atoms with Gasteiger partial charge in [-0.25, -0.2) is 0 Å². The van der Waals surface area contributed by atoms with E-state index in [-0.39, 0.29) is 12.4 Å². The van der Waals surface area contributed by atoms with Gasteiger partial charge in [0.1, 0.15) is 30.4 Å². The van der Waals surface area contributed by atoms with Gasteiger partial charge in [-0.1, -0.05) is 66.7 Å². The van der Waals surface area contributed by atoms with Crippen LogP contribution < -0.4 is 15.2 Å². The second-order valence-corrected chi connectivity index (χ2v) is 5.22. The number of anilines is 1. The standard InChI is InChI=1S/C20H19NO2.ClH/c21-20-18(22-14-16-8-3-1-4-9-16)12-7-13-19(20)23-15-17-10-5-2-6-11-17;/h1-13H,14-15,21H2;1H. The molecule has 124 valence electrons. The van der Waals surface area contributed by atoms with E-state index in [1.807, 2.05) is 78.9 Å². The summed E-state index contributed by atoms with van der Waals surface area (Å²) in [6.45, 7) is 0.959. The number of halogens is 1. The molecule has 0 aromatic heterocycles. The van der Waals surface area contributed by atoms with Crippen LogP contribution in [0, 0.1) is 0 Å². The Labute approximate surface area is 148 Å². The summed E-state index contributed by atoms with van der Waals surface area (Å²) in [7, 11) is 0. The molecule has 0 unspecified atom stereocenters. The third-order valence-electron chi connectivity index (χ3n) is 3.50. The minimum atomic E-state index is 0. The van der Waals surface area contributed by atoms with Crippen molar-refractivity contribution in [3.63, 3.8) is 0 Å². The minimum Gasteiger partial charge on any atom is -0.487 e. The first kappa shape index (κ1) is 17.7. The molecule has 4 heteroatoms. The second-order valence-electron chi connectivity index (χ2n) is 5.22. The zero-order valence-corrected chi connectivity index (χ0v) is 14.0. The molecule has 0 aliphatic heterocycles. The van der Waals surface area contributed by atoms with Crippen LogP contribution in [0.1, 0.15) is 11.1 Å². The lowest BCUT2D eigenvalue weighted by molar-refractivity contribution is 0.293. The second kappa shape index (κ2) is 8.85. The molecular weight excluding hydrogens is 322 g/mol. The highest BCUT2D eigenvalue weighted by atomic mass is 35.5. The first-order valence-electron chi connectivity index (χ1n) is 7.55. The molecule has 0 atom stereocenters. The highest BCUT2D eigenvalue weighted by Crippen LogP contribution is 2.32. The molecule has 2 N–H and O–H groups in total. The molecule has 0 saturated heterocycles. The smallest absolute Gasteiger partial charge is 0.146 e. The Morgan fingerprint density at radius 3 is 1.42 bits per heavy atom. The zero-order chi connectivity index (χ0) is 15.9. The molecule has 3 rings (SSSR count). The van der Waals surface area contributed by atoms with Crippen molar-refractivity contribution < 1.29 is 9.47 Å². The summed E-state index contributed by atoms with van der Waals surface area (Å²) in [5, 5.41) is 0. The maximum atomic E-state index is 6.16. The quantitative estimate of drug-likeness (QED) is 0.652. The lowest BCUT2D eigenvalue weighted by Crippen LogP contribution is -2.02. The van der Waals surface area contributed by atoms with E-state index < -0.39 is 0 Å². The van der Waals surface area contributed by atoms with Crippen LogP contribution in [0.2, 0.25) is 0 Å². The molecule has 0 aliphatic rings. The van der Waals surface area contributed by atoms with Gasteiger partial charge in [0.05, 0.1) is 0 Å². The van der Waals surface area contributed by atoms with Gasteiger partial charge in [-0.2, -0.15) is 0 Å². The van der Waals surface area contributed by atoms with Crippen molar-refractivity contribution in [3.05, 3.63) is 90.0 Å². The number of nitrogen functional groups attached to an aromatic ring is 1. The van der Waals surface area contributed by atoms with E-state index in [1.165, 1.54) is 0 Å². The van der Waals surface area contributed by atoms with Gasteiger partial charge in [-0.3, -0.25) is 0 Å². The monoisotopic (exact) mass is 341 g/mol. The maximum Gasteiger partial charge on any atom is 0.146 e. The van der Waals surface area contributed by atoms with Gasteiger partial charge in [0.2, 0.25) is 0 Å². The summed E-state index contributed by atoms with van der Waals surface area (Å²) in [5.74, 6) is 1.28. The van der Waals surface area contributed by atoms with E-state index in [9.17, 15) is 0 Å². The van der Waals surface area contributed by atoms with Crippen LogP contribution in [0.4, 0.5) is 5.69 Å². The van der Waals surface area contributed by atoms with Crippen molar-refractivity contribution in [2.75, 3.05) is 5.73 Å². The van der Waals surface area contributed by atoms with Crippen LogP contribution in [0.5, 0.6) is 11.5 Å². The molecule has 3 aromatic carbocycles. The van der Waals surface area contributed by atoms with Crippen LogP contribution in [-0.4, -0.2) is 0 Å². The number of rotatable bonds is 6. The molecule has 0 bridgehead atoms. The summed E-state index contributed by atoms with van der Waals surface area (Å²) >= 11 is 0. The first-order chi connectivity index (χ1) is 11.3. The molecule has 0 saturated carbocycles. The highest BCUT2D eigenvalue weighted by Gasteiger charge is 2.07. The van der Waals surface area contributed by atoms with Crippen molar-refractivity contribution in [1.82, 2.24) is 0 Å². The van der Waals surface area contributed by atoms with Crippen molar-refractivity contribution in [2.24, 2.45) is 0 Å². The van der Waals surface area contributed by atoms with Crippen molar-refractivity contribution in [3.8, 4) is 11.5 Å². The fraction of sp³-hybridized carbons (Fsp3) is 0.100. The summed E-state index contributed by atoms with van der Waals surface area (Å²) in [4.78, 5) is 0. The van der Waals surface area contributed by atoms with Gasteiger partial charge in [0.25, 0.3) is 0 Å². The summed E-state index contributed by atoms with van der Waals surface area (Å²) < 4.78 is 11.6. The van der Waals surface area contributed by atoms with Gasteiger partial charge in [-0.15, -0.1) is 12.4 Å². The Bertz CT molecular complexity index is 686. The van der Waals surface area contributed by atoms with Gasteiger partial charge >= 0.3 is 0 Å². The fourth-order valence-electron chi connectivity index (χ4n) is 2.25. The average Bonchev–Trinajstić information content (AvgIpc) is 2.61. The number of para-hydroxylation sites is 1. The molecular formula is C20H20ClNO2. The Morgan fingerprint density at radius 1 is 0.583 bits per heavy atom. The number of hydrogen-bond donors (Lipinski definition) is 1. The van der Waals surface area contributed by atoms with Gasteiger partial charge in [-0.05, 0) is 23.3 Å². The number of benzene rings is 3. The van der Waals surface area contributed by atoms with E-state index in [2.05, 4.69) is 0 Å². The summed E-state index contributed by atoms with van der Waals surface area (Å²) in [6, 6.07) is 25.6. The molecule has 3 nitrogen and oxygen atoms in total. The number of nitrogens with two attached hydrogens (primary N) is 1. The fourth-order valence-corrected chi connectivity index (χ4v) is 2.25. The van der Waals surface area contributed by atoms with E-state index in [1.54, 1.807) is 0 Å². The molecule has 3 aromatic rings. The van der Waals surface area contributed by atoms with E-state index in [0.29, 0.717) is 30.4 Å². The first-order valence-corrected chi connectivity index (χ1v) is 7.55. The van der Waals surface area contributed by atoms with Crippen molar-refractivity contribution in [1.29, 1.82) is 0 Å². The van der Waals surface area contributed by atoms with Crippen LogP contribution >= 0.6 is 12.4 Å². The van der Waals surface area contributed by atoms with Crippen LogP contribution in [0.3, 0.4) is 0 Å². The summed E-state index contributed by atoms with van der Waals surface area (Å²) in [6.07, 6.45) is 0. The number of hydrogen-bond acceptors (Lipinski definition) is 3. The number of ether oxygens (including phenoxy) is 2. The molecule has 0 radical (unpaired) electrons. The molecule has 0 aliphatic carbocycles. The molecule has 0 amide bonds. The minimum absolute atomic E-state index is 0. The van der Waals surface area contributed by atoms with Crippen LogP contribution in [0.25, 0.3) is 0 Å². The third-order valence-corrected chi connectivity index (χ3v) is 3.50. The molecule has 0 heterocycles. The Morgan fingerprint density at radius 2 is 1.00 bits per heavy atom. The zero-order valence-electron chi connectivity index (χ0n) is 13.2. The van der Waals surface area contributed by atoms with Gasteiger partial charge in [0, 0.05) is 0 Å². The lowest BCUT2D eigenvalue weighted by Gasteiger charge is -2.13. The largest absolute Gasteiger partial charge is 0.487 e. The molecule has 0 spiro atoms. The van der Waals surface area contributed by atoms with Crippen molar-refractivity contribution in [2.45, 2.75) is 13.2 Å². The average molecular weight is 342 g/mol. The summed E-state index contributed by atoms with van der Waals surface area (Å²) in [5.41, 5.74) is 8.89. The topological polar surface area (TPSA) is 44.5 Å². The molecule has 0 fully saturated rings. The predicted molar refractivity (Wildman–Crippen MR) is 99.7 cm³/mol. The van der Waals surface area contributed by atoms with Crippen LogP contribution in [0.15, 0.2) is 78.9 Å². The van der Waals surface area contributed by atoms with Gasteiger partial charge in [0.15, 0.2) is 0 Å². The normalized spacial score (nSPS) is 9.83. The van der Waals surface area contributed by atoms with Crippen molar-refractivity contribution >= 4 is 18.1 Å². The van der Waals surface area contributed by atoms with Crippen LogP contribution in [-0.2, 0) is 13.2 Å². The maximum absolute atomic E-state index is 6.16. The molecule has 24 heavy (non-hydrogen) atoms. The lowest BCUT2D eigenvalue weighted by atomic mass is 10.2. The highest BCUT2D eigenvalue weighted by molar-refractivity contribution is 5.85. The van der Waals surface area contributed by atoms with E-state index in [4.69, 9.17) is 15.2 Å². The van der Waals surface area contributed by atoms with Gasteiger partial charge < -0.3 is 15.2 Å². The Balaban J connectivity index is 0.00000208.